The van der Waals surface area contributed by atoms with Gasteiger partial charge in [0.05, 0.1) is 12.2 Å². The van der Waals surface area contributed by atoms with Crippen LogP contribution in [0.5, 0.6) is 5.75 Å². The van der Waals surface area contributed by atoms with E-state index in [0.29, 0.717) is 24.5 Å². The molecule has 106 valence electrons. The van der Waals surface area contributed by atoms with Crippen molar-refractivity contribution >= 4 is 17.7 Å². The first-order valence-electron chi connectivity index (χ1n) is 6.48. The zero-order valence-corrected chi connectivity index (χ0v) is 12.0. The number of carbonyl (C=O) groups is 1. The zero-order valence-electron chi connectivity index (χ0n) is 11.2. The minimum atomic E-state index is -0.105. The number of nitrogens with one attached hydrogen (secondary N) is 1. The predicted molar refractivity (Wildman–Crippen MR) is 79.0 cm³/mol. The van der Waals surface area contributed by atoms with E-state index in [-0.39, 0.29) is 12.5 Å². The number of amides is 1. The van der Waals surface area contributed by atoms with Crippen molar-refractivity contribution in [2.45, 2.75) is 13.3 Å². The van der Waals surface area contributed by atoms with E-state index in [1.165, 1.54) is 0 Å². The third kappa shape index (κ3) is 5.98. The maximum absolute atomic E-state index is 12.0. The fraction of sp³-hybridized carbons (Fsp3) is 0.500. The van der Waals surface area contributed by atoms with Crippen molar-refractivity contribution < 1.29 is 14.6 Å². The highest BCUT2D eigenvalue weighted by Crippen LogP contribution is 2.17. The number of aliphatic hydroxyl groups is 1. The fourth-order valence-corrected chi connectivity index (χ4v) is 2.32. The van der Waals surface area contributed by atoms with Crippen molar-refractivity contribution in [1.82, 2.24) is 5.32 Å². The third-order valence-electron chi connectivity index (χ3n) is 2.41. The average molecular weight is 283 g/mol. The molecule has 0 saturated carbocycles. The van der Waals surface area contributed by atoms with Gasteiger partial charge in [-0.05, 0) is 31.2 Å². The van der Waals surface area contributed by atoms with Crippen LogP contribution in [0.4, 0.5) is 0 Å². The summed E-state index contributed by atoms with van der Waals surface area (Å²) in [5.74, 6) is 2.28. The van der Waals surface area contributed by atoms with Crippen LogP contribution in [0.1, 0.15) is 23.7 Å². The molecule has 0 spiro atoms. The van der Waals surface area contributed by atoms with E-state index in [1.54, 1.807) is 23.9 Å². The molecule has 4 nitrogen and oxygen atoms in total. The van der Waals surface area contributed by atoms with E-state index in [0.717, 1.165) is 17.9 Å². The first-order chi connectivity index (χ1) is 9.29. The second-order valence-corrected chi connectivity index (χ2v) is 5.10. The van der Waals surface area contributed by atoms with Crippen LogP contribution in [0.2, 0.25) is 0 Å². The molecule has 0 atom stereocenters. The Labute approximate surface area is 118 Å². The van der Waals surface area contributed by atoms with Gasteiger partial charge in [-0.25, -0.2) is 0 Å². The van der Waals surface area contributed by atoms with Gasteiger partial charge in [-0.15, -0.1) is 0 Å². The van der Waals surface area contributed by atoms with Gasteiger partial charge in [-0.3, -0.25) is 4.79 Å². The number of rotatable bonds is 9. The van der Waals surface area contributed by atoms with Crippen molar-refractivity contribution in [2.75, 3.05) is 31.3 Å². The Morgan fingerprint density at radius 3 is 2.89 bits per heavy atom. The number of ether oxygens (including phenoxy) is 1. The minimum absolute atomic E-state index is 0.105. The highest BCUT2D eigenvalue weighted by Gasteiger charge is 2.10. The van der Waals surface area contributed by atoms with Crippen LogP contribution in [0, 0.1) is 0 Å². The van der Waals surface area contributed by atoms with Crippen molar-refractivity contribution in [3.63, 3.8) is 0 Å². The van der Waals surface area contributed by atoms with Crippen LogP contribution in [0.15, 0.2) is 24.3 Å². The summed E-state index contributed by atoms with van der Waals surface area (Å²) in [5, 5.41) is 11.5. The van der Waals surface area contributed by atoms with Gasteiger partial charge in [0.15, 0.2) is 0 Å². The lowest BCUT2D eigenvalue weighted by molar-refractivity contribution is 0.0952. The molecule has 0 aliphatic rings. The molecule has 0 radical (unpaired) electrons. The fourth-order valence-electron chi connectivity index (χ4n) is 1.54. The summed E-state index contributed by atoms with van der Waals surface area (Å²) in [6.45, 7) is 3.28. The Kier molecular flexibility index (Phi) is 8.09. The lowest BCUT2D eigenvalue weighted by Crippen LogP contribution is -2.26. The Morgan fingerprint density at radius 2 is 2.16 bits per heavy atom. The normalized spacial score (nSPS) is 10.2. The summed E-state index contributed by atoms with van der Waals surface area (Å²) in [5.41, 5.74) is 0.574. The standard InChI is InChI=1S/C14H21NO3S/c1-2-18-13-7-4-3-6-12(13)14(17)15-8-11-19-10-5-9-16/h3-4,6-7,16H,2,5,8-11H2,1H3,(H,15,17). The number of hydrogen-bond acceptors (Lipinski definition) is 4. The van der Waals surface area contributed by atoms with E-state index in [1.807, 2.05) is 19.1 Å². The van der Waals surface area contributed by atoms with Crippen LogP contribution < -0.4 is 10.1 Å². The van der Waals surface area contributed by atoms with Crippen molar-refractivity contribution in [3.05, 3.63) is 29.8 Å². The molecule has 0 saturated heterocycles. The maximum Gasteiger partial charge on any atom is 0.255 e. The number of para-hydroxylation sites is 1. The monoisotopic (exact) mass is 283 g/mol. The third-order valence-corrected chi connectivity index (χ3v) is 3.48. The molecule has 1 rings (SSSR count). The number of carbonyl (C=O) groups excluding carboxylic acids is 1. The van der Waals surface area contributed by atoms with Gasteiger partial charge in [-0.2, -0.15) is 11.8 Å². The molecular formula is C14H21NO3S. The molecule has 0 unspecified atom stereocenters. The summed E-state index contributed by atoms with van der Waals surface area (Å²) >= 11 is 1.72. The van der Waals surface area contributed by atoms with Crippen LogP contribution in [0.25, 0.3) is 0 Å². The molecule has 19 heavy (non-hydrogen) atoms. The molecule has 0 aliphatic carbocycles. The number of aliphatic hydroxyl groups excluding tert-OH is 1. The smallest absolute Gasteiger partial charge is 0.255 e. The lowest BCUT2D eigenvalue weighted by atomic mass is 10.2. The van der Waals surface area contributed by atoms with Crippen LogP contribution in [-0.2, 0) is 0 Å². The van der Waals surface area contributed by atoms with Gasteiger partial charge in [0, 0.05) is 18.9 Å². The first kappa shape index (κ1) is 15.9. The van der Waals surface area contributed by atoms with Gasteiger partial charge >= 0.3 is 0 Å². The number of benzene rings is 1. The van der Waals surface area contributed by atoms with Gasteiger partial charge in [0.25, 0.3) is 5.91 Å². The molecule has 0 aliphatic heterocycles. The summed E-state index contributed by atoms with van der Waals surface area (Å²) in [4.78, 5) is 12.0. The van der Waals surface area contributed by atoms with Gasteiger partial charge in [-0.1, -0.05) is 12.1 Å². The SMILES string of the molecule is CCOc1ccccc1C(=O)NCCSCCCO. The molecule has 0 aromatic heterocycles. The van der Waals surface area contributed by atoms with Crippen LogP contribution in [0.3, 0.4) is 0 Å². The van der Waals surface area contributed by atoms with Crippen molar-refractivity contribution in [3.8, 4) is 5.75 Å². The van der Waals surface area contributed by atoms with Crippen molar-refractivity contribution in [1.29, 1.82) is 0 Å². The van der Waals surface area contributed by atoms with Crippen LogP contribution in [-0.4, -0.2) is 42.3 Å². The molecule has 1 aromatic carbocycles. The molecule has 0 fully saturated rings. The molecule has 0 bridgehead atoms. The minimum Gasteiger partial charge on any atom is -0.493 e. The second-order valence-electron chi connectivity index (χ2n) is 3.87. The Morgan fingerprint density at radius 1 is 1.37 bits per heavy atom. The molecule has 1 aromatic rings. The molecule has 0 heterocycles. The predicted octanol–water partition coefficient (Wildman–Crippen LogP) is 1.93. The zero-order chi connectivity index (χ0) is 13.9. The van der Waals surface area contributed by atoms with E-state index in [4.69, 9.17) is 9.84 Å². The highest BCUT2D eigenvalue weighted by molar-refractivity contribution is 7.99. The first-order valence-corrected chi connectivity index (χ1v) is 7.63. The Hall–Kier alpha value is -1.20. The van der Waals surface area contributed by atoms with Gasteiger partial charge in [0.2, 0.25) is 0 Å². The Bertz CT molecular complexity index is 385. The van der Waals surface area contributed by atoms with Gasteiger partial charge in [0.1, 0.15) is 5.75 Å². The van der Waals surface area contributed by atoms with Crippen molar-refractivity contribution in [2.24, 2.45) is 0 Å². The topological polar surface area (TPSA) is 58.6 Å². The van der Waals surface area contributed by atoms with E-state index < -0.39 is 0 Å². The summed E-state index contributed by atoms with van der Waals surface area (Å²) in [6, 6.07) is 7.24. The summed E-state index contributed by atoms with van der Waals surface area (Å²) in [6.07, 6.45) is 0.797. The highest BCUT2D eigenvalue weighted by atomic mass is 32.2. The average Bonchev–Trinajstić information content (AvgIpc) is 2.43. The van der Waals surface area contributed by atoms with Crippen LogP contribution >= 0.6 is 11.8 Å². The maximum atomic E-state index is 12.0. The van der Waals surface area contributed by atoms with E-state index >= 15 is 0 Å². The molecule has 5 heteroatoms. The van der Waals surface area contributed by atoms with E-state index in [2.05, 4.69) is 5.32 Å². The molecular weight excluding hydrogens is 262 g/mol. The second kappa shape index (κ2) is 9.69. The molecule has 1 amide bonds. The summed E-state index contributed by atoms with van der Waals surface area (Å²) in [7, 11) is 0. The lowest BCUT2D eigenvalue weighted by Gasteiger charge is -2.10. The number of thioether (sulfide) groups is 1. The summed E-state index contributed by atoms with van der Waals surface area (Å²) < 4.78 is 5.42. The number of hydrogen-bond donors (Lipinski definition) is 2. The molecule has 2 N–H and O–H groups in total. The van der Waals surface area contributed by atoms with E-state index in [9.17, 15) is 4.79 Å². The Balaban J connectivity index is 2.36. The largest absolute Gasteiger partial charge is 0.493 e. The quantitative estimate of drug-likeness (QED) is 0.680. The van der Waals surface area contributed by atoms with Gasteiger partial charge < -0.3 is 15.2 Å².